The average molecular weight is 176 g/mol. The highest BCUT2D eigenvalue weighted by atomic mass is 16.5. The topological polar surface area (TPSA) is 9.23 Å². The van der Waals surface area contributed by atoms with Crippen LogP contribution >= 0.6 is 0 Å². The zero-order valence-corrected chi connectivity index (χ0v) is 8.29. The summed E-state index contributed by atoms with van der Waals surface area (Å²) in [5, 5.41) is 0. The number of hydrogen-bond acceptors (Lipinski definition) is 1. The van der Waals surface area contributed by atoms with Crippen molar-refractivity contribution in [1.29, 1.82) is 0 Å². The zero-order valence-electron chi connectivity index (χ0n) is 8.29. The molecular weight excluding hydrogens is 160 g/mol. The summed E-state index contributed by atoms with van der Waals surface area (Å²) in [6.07, 6.45) is 1.25. The van der Waals surface area contributed by atoms with Crippen LogP contribution in [0.25, 0.3) is 5.76 Å². The smallest absolute Gasteiger partial charge is 0.119 e. The van der Waals surface area contributed by atoms with Crippen LogP contribution in [0.4, 0.5) is 0 Å². The van der Waals surface area contributed by atoms with Gasteiger partial charge < -0.3 is 4.74 Å². The summed E-state index contributed by atoms with van der Waals surface area (Å²) in [5.74, 6) is 0.759. The van der Waals surface area contributed by atoms with E-state index in [4.69, 9.17) is 4.74 Å². The highest BCUT2D eigenvalue weighted by Crippen LogP contribution is 2.15. The van der Waals surface area contributed by atoms with Crippen molar-refractivity contribution in [1.82, 2.24) is 0 Å². The van der Waals surface area contributed by atoms with Crippen LogP contribution in [0, 0.1) is 0 Å². The van der Waals surface area contributed by atoms with Gasteiger partial charge in [-0.3, -0.25) is 0 Å². The van der Waals surface area contributed by atoms with E-state index < -0.39 is 0 Å². The molecule has 1 heteroatoms. The van der Waals surface area contributed by atoms with Gasteiger partial charge in [-0.05, 0) is 13.3 Å². The summed E-state index contributed by atoms with van der Waals surface area (Å²) in [5.41, 5.74) is 1.06. The van der Waals surface area contributed by atoms with E-state index in [-0.39, 0.29) is 6.10 Å². The largest absolute Gasteiger partial charge is 0.491 e. The van der Waals surface area contributed by atoms with Crippen molar-refractivity contribution in [2.24, 2.45) is 0 Å². The molecule has 1 aromatic carbocycles. The van der Waals surface area contributed by atoms with Gasteiger partial charge in [0.25, 0.3) is 0 Å². The first-order valence-electron chi connectivity index (χ1n) is 4.65. The standard InChI is InChI=1S/C12H16O/c1-4-10(2)13-11(3)12-8-6-5-7-9-12/h5-10H,3-4H2,1-2H3/t10-/m1/s1. The van der Waals surface area contributed by atoms with Crippen LogP contribution in [-0.2, 0) is 4.74 Å². The van der Waals surface area contributed by atoms with E-state index in [1.54, 1.807) is 0 Å². The van der Waals surface area contributed by atoms with Gasteiger partial charge in [0.1, 0.15) is 5.76 Å². The second-order valence-corrected chi connectivity index (χ2v) is 3.13. The second kappa shape index (κ2) is 4.70. The number of rotatable bonds is 4. The van der Waals surface area contributed by atoms with Gasteiger partial charge in [-0.25, -0.2) is 0 Å². The molecule has 1 aromatic rings. The van der Waals surface area contributed by atoms with E-state index in [1.807, 2.05) is 37.3 Å². The molecule has 0 aromatic heterocycles. The van der Waals surface area contributed by atoms with Crippen LogP contribution in [-0.4, -0.2) is 6.10 Å². The Labute approximate surface area is 80.0 Å². The maximum Gasteiger partial charge on any atom is 0.119 e. The molecule has 0 saturated carbocycles. The van der Waals surface area contributed by atoms with Crippen molar-refractivity contribution < 1.29 is 4.74 Å². The Morgan fingerprint density at radius 1 is 1.38 bits per heavy atom. The summed E-state index contributed by atoms with van der Waals surface area (Å²) < 4.78 is 5.59. The minimum atomic E-state index is 0.243. The van der Waals surface area contributed by atoms with Crippen molar-refractivity contribution in [3.63, 3.8) is 0 Å². The predicted octanol–water partition coefficient (Wildman–Crippen LogP) is 3.47. The summed E-state index contributed by atoms with van der Waals surface area (Å²) in [6.45, 7) is 8.04. The van der Waals surface area contributed by atoms with E-state index in [2.05, 4.69) is 13.5 Å². The molecule has 0 aliphatic heterocycles. The van der Waals surface area contributed by atoms with Gasteiger partial charge in [0.2, 0.25) is 0 Å². The van der Waals surface area contributed by atoms with Gasteiger partial charge in [0.05, 0.1) is 6.10 Å². The van der Waals surface area contributed by atoms with E-state index >= 15 is 0 Å². The van der Waals surface area contributed by atoms with Crippen LogP contribution < -0.4 is 0 Å². The Bertz CT molecular complexity index is 264. The molecule has 70 valence electrons. The van der Waals surface area contributed by atoms with Crippen LogP contribution in [0.3, 0.4) is 0 Å². The molecule has 0 heterocycles. The maximum absolute atomic E-state index is 5.59. The lowest BCUT2D eigenvalue weighted by Gasteiger charge is -2.14. The van der Waals surface area contributed by atoms with Crippen molar-refractivity contribution in [2.45, 2.75) is 26.4 Å². The number of hydrogen-bond donors (Lipinski definition) is 0. The third kappa shape index (κ3) is 2.94. The molecule has 0 unspecified atom stereocenters. The maximum atomic E-state index is 5.59. The average Bonchev–Trinajstić information content (AvgIpc) is 2.19. The molecule has 1 nitrogen and oxygen atoms in total. The van der Waals surface area contributed by atoms with Crippen molar-refractivity contribution in [3.05, 3.63) is 42.5 Å². The van der Waals surface area contributed by atoms with Gasteiger partial charge in [0, 0.05) is 5.56 Å². The van der Waals surface area contributed by atoms with Gasteiger partial charge >= 0.3 is 0 Å². The molecule has 0 saturated heterocycles. The van der Waals surface area contributed by atoms with Crippen LogP contribution in [0.5, 0.6) is 0 Å². The SMILES string of the molecule is C=C(O[C@H](C)CC)c1ccccc1. The van der Waals surface area contributed by atoms with Crippen LogP contribution in [0.15, 0.2) is 36.9 Å². The Balaban J connectivity index is 2.59. The molecule has 0 amide bonds. The van der Waals surface area contributed by atoms with Crippen LogP contribution in [0.2, 0.25) is 0 Å². The quantitative estimate of drug-likeness (QED) is 0.638. The number of benzene rings is 1. The minimum Gasteiger partial charge on any atom is -0.491 e. The lowest BCUT2D eigenvalue weighted by atomic mass is 10.2. The van der Waals surface area contributed by atoms with Gasteiger partial charge in [-0.1, -0.05) is 43.8 Å². The van der Waals surface area contributed by atoms with Crippen molar-refractivity contribution in [2.75, 3.05) is 0 Å². The molecule has 0 aliphatic rings. The highest BCUT2D eigenvalue weighted by Gasteiger charge is 2.02. The fourth-order valence-electron chi connectivity index (χ4n) is 1.02. The Morgan fingerprint density at radius 3 is 2.54 bits per heavy atom. The molecule has 0 spiro atoms. The third-order valence-corrected chi connectivity index (χ3v) is 2.01. The van der Waals surface area contributed by atoms with E-state index in [9.17, 15) is 0 Å². The molecule has 13 heavy (non-hydrogen) atoms. The van der Waals surface area contributed by atoms with Crippen LogP contribution in [0.1, 0.15) is 25.8 Å². The monoisotopic (exact) mass is 176 g/mol. The van der Waals surface area contributed by atoms with Crippen molar-refractivity contribution in [3.8, 4) is 0 Å². The van der Waals surface area contributed by atoms with Gasteiger partial charge in [0.15, 0.2) is 0 Å². The summed E-state index contributed by atoms with van der Waals surface area (Å²) in [7, 11) is 0. The highest BCUT2D eigenvalue weighted by molar-refractivity contribution is 5.57. The Hall–Kier alpha value is -1.24. The zero-order chi connectivity index (χ0) is 9.68. The molecule has 0 N–H and O–H groups in total. The molecule has 1 rings (SSSR count). The molecule has 0 aliphatic carbocycles. The van der Waals surface area contributed by atoms with E-state index in [1.165, 1.54) is 0 Å². The van der Waals surface area contributed by atoms with E-state index in [0.717, 1.165) is 17.7 Å². The van der Waals surface area contributed by atoms with E-state index in [0.29, 0.717) is 0 Å². The Morgan fingerprint density at radius 2 is 2.00 bits per heavy atom. The first-order valence-corrected chi connectivity index (χ1v) is 4.65. The van der Waals surface area contributed by atoms with Gasteiger partial charge in [-0.15, -0.1) is 0 Å². The van der Waals surface area contributed by atoms with Gasteiger partial charge in [-0.2, -0.15) is 0 Å². The first-order chi connectivity index (χ1) is 6.24. The number of ether oxygens (including phenoxy) is 1. The summed E-state index contributed by atoms with van der Waals surface area (Å²) in [4.78, 5) is 0. The fourth-order valence-corrected chi connectivity index (χ4v) is 1.02. The minimum absolute atomic E-state index is 0.243. The lowest BCUT2D eigenvalue weighted by molar-refractivity contribution is 0.182. The molecule has 0 fully saturated rings. The third-order valence-electron chi connectivity index (χ3n) is 2.01. The van der Waals surface area contributed by atoms with Crippen molar-refractivity contribution >= 4 is 5.76 Å². The second-order valence-electron chi connectivity index (χ2n) is 3.13. The normalized spacial score (nSPS) is 12.2. The molecule has 0 radical (unpaired) electrons. The fraction of sp³-hybridized carbons (Fsp3) is 0.333. The molecule has 1 atom stereocenters. The molecule has 0 bridgehead atoms. The molecular formula is C12H16O. The Kier molecular flexibility index (Phi) is 3.56. The summed E-state index contributed by atoms with van der Waals surface area (Å²) in [6, 6.07) is 9.97. The predicted molar refractivity (Wildman–Crippen MR) is 56.3 cm³/mol. The summed E-state index contributed by atoms with van der Waals surface area (Å²) >= 11 is 0. The first kappa shape index (κ1) is 9.85. The lowest BCUT2D eigenvalue weighted by Crippen LogP contribution is -2.04.